The first kappa shape index (κ1) is 21.3. The van der Waals surface area contributed by atoms with Crippen molar-refractivity contribution in [2.75, 3.05) is 39.3 Å². The normalized spacial score (nSPS) is 16.5. The van der Waals surface area contributed by atoms with Crippen molar-refractivity contribution < 1.29 is 9.84 Å². The molecule has 0 unspecified atom stereocenters. The number of aliphatic hydroxyl groups excluding tert-OH is 1. The van der Waals surface area contributed by atoms with Crippen LogP contribution in [0.4, 0.5) is 0 Å². The summed E-state index contributed by atoms with van der Waals surface area (Å²) in [6, 6.07) is 24.2. The van der Waals surface area contributed by atoms with Crippen molar-refractivity contribution in [3.63, 3.8) is 0 Å². The molecule has 0 aromatic heterocycles. The van der Waals surface area contributed by atoms with E-state index in [-0.39, 0.29) is 0 Å². The molecule has 1 fully saturated rings. The van der Waals surface area contributed by atoms with Crippen molar-refractivity contribution in [2.45, 2.75) is 19.1 Å². The lowest BCUT2D eigenvalue weighted by molar-refractivity contribution is 0.0698. The minimum absolute atomic E-state index is 0.291. The first-order valence-electron chi connectivity index (χ1n) is 10.9. The molecule has 1 aliphatic rings. The van der Waals surface area contributed by atoms with E-state index in [1.54, 1.807) is 0 Å². The van der Waals surface area contributed by atoms with Gasteiger partial charge in [0, 0.05) is 31.6 Å². The molecule has 160 valence electrons. The fourth-order valence-corrected chi connectivity index (χ4v) is 4.17. The second kappa shape index (κ2) is 10.4. The molecule has 0 radical (unpaired) electrons. The molecule has 0 saturated carbocycles. The Morgan fingerprint density at radius 3 is 2.48 bits per heavy atom. The highest BCUT2D eigenvalue weighted by Gasteiger charge is 2.18. The summed E-state index contributed by atoms with van der Waals surface area (Å²) in [5.41, 5.74) is 1.93. The van der Waals surface area contributed by atoms with Gasteiger partial charge in [-0.25, -0.2) is 0 Å². The van der Waals surface area contributed by atoms with E-state index in [1.165, 1.54) is 5.56 Å². The molecule has 3 aromatic carbocycles. The third kappa shape index (κ3) is 5.83. The van der Waals surface area contributed by atoms with Crippen molar-refractivity contribution in [1.29, 1.82) is 5.26 Å². The van der Waals surface area contributed by atoms with Crippen LogP contribution in [-0.2, 0) is 6.54 Å². The van der Waals surface area contributed by atoms with E-state index in [0.29, 0.717) is 18.7 Å². The molecule has 3 aromatic rings. The number of β-amino-alcohol motifs (C(OH)–C–C–N with tert-alkyl or cyclic N) is 1. The highest BCUT2D eigenvalue weighted by atomic mass is 16.5. The summed E-state index contributed by atoms with van der Waals surface area (Å²) in [5.74, 6) is 0.821. The Hall–Kier alpha value is -2.91. The molecule has 1 N–H and O–H groups in total. The van der Waals surface area contributed by atoms with Gasteiger partial charge in [-0.05, 0) is 48.7 Å². The van der Waals surface area contributed by atoms with Crippen molar-refractivity contribution in [3.8, 4) is 11.8 Å². The predicted molar refractivity (Wildman–Crippen MR) is 123 cm³/mol. The van der Waals surface area contributed by atoms with E-state index < -0.39 is 6.10 Å². The fraction of sp³-hybridized carbons (Fsp3) is 0.346. The standard InChI is InChI=1S/C26H29N3O2/c27-17-21-9-11-22(12-10-21)18-28-13-4-14-29(16-15-28)19-24(30)20-31-26-8-3-6-23-5-1-2-7-25(23)26/h1-3,5-12,24,30H,4,13-16,18-20H2/t24-/m1/s1. The summed E-state index contributed by atoms with van der Waals surface area (Å²) in [4.78, 5) is 4.77. The van der Waals surface area contributed by atoms with Gasteiger partial charge in [0.15, 0.2) is 0 Å². The predicted octanol–water partition coefficient (Wildman–Crippen LogP) is 3.66. The second-order valence-electron chi connectivity index (χ2n) is 8.18. The van der Waals surface area contributed by atoms with Gasteiger partial charge in [-0.1, -0.05) is 48.5 Å². The first-order chi connectivity index (χ1) is 15.2. The van der Waals surface area contributed by atoms with Crippen LogP contribution in [0.2, 0.25) is 0 Å². The zero-order chi connectivity index (χ0) is 21.5. The summed E-state index contributed by atoms with van der Waals surface area (Å²) in [6.07, 6.45) is 0.553. The molecule has 0 bridgehead atoms. The average Bonchev–Trinajstić information content (AvgIpc) is 3.03. The van der Waals surface area contributed by atoms with E-state index in [4.69, 9.17) is 10.00 Å². The Kier molecular flexibility index (Phi) is 7.16. The Bertz CT molecular complexity index is 1020. The van der Waals surface area contributed by atoms with Gasteiger partial charge in [0.25, 0.3) is 0 Å². The van der Waals surface area contributed by atoms with Crippen LogP contribution in [0, 0.1) is 11.3 Å². The average molecular weight is 416 g/mol. The molecule has 0 amide bonds. The quantitative estimate of drug-likeness (QED) is 0.638. The van der Waals surface area contributed by atoms with Gasteiger partial charge in [-0.3, -0.25) is 9.80 Å². The van der Waals surface area contributed by atoms with Gasteiger partial charge in [-0.2, -0.15) is 5.26 Å². The van der Waals surface area contributed by atoms with Crippen LogP contribution < -0.4 is 4.74 Å². The van der Waals surface area contributed by atoms with Crippen LogP contribution in [0.25, 0.3) is 10.8 Å². The Labute approximate surface area is 184 Å². The number of hydrogen-bond acceptors (Lipinski definition) is 5. The van der Waals surface area contributed by atoms with Gasteiger partial charge < -0.3 is 9.84 Å². The van der Waals surface area contributed by atoms with E-state index in [2.05, 4.69) is 28.0 Å². The molecule has 1 heterocycles. The lowest BCUT2D eigenvalue weighted by Crippen LogP contribution is -2.38. The molecule has 5 heteroatoms. The third-order valence-electron chi connectivity index (χ3n) is 5.82. The molecule has 0 aliphatic carbocycles. The summed E-state index contributed by atoms with van der Waals surface area (Å²) in [7, 11) is 0. The number of hydrogen-bond donors (Lipinski definition) is 1. The molecule has 4 rings (SSSR count). The summed E-state index contributed by atoms with van der Waals surface area (Å²) in [6.45, 7) is 5.73. The summed E-state index contributed by atoms with van der Waals surface area (Å²) in [5, 5.41) is 21.7. The van der Waals surface area contributed by atoms with Gasteiger partial charge in [-0.15, -0.1) is 0 Å². The van der Waals surface area contributed by atoms with Gasteiger partial charge in [0.1, 0.15) is 18.5 Å². The molecule has 5 nitrogen and oxygen atoms in total. The fourth-order valence-electron chi connectivity index (χ4n) is 4.17. The van der Waals surface area contributed by atoms with Crippen LogP contribution in [0.1, 0.15) is 17.5 Å². The number of ether oxygens (including phenoxy) is 1. The minimum atomic E-state index is -0.524. The molecule has 1 saturated heterocycles. The number of fused-ring (bicyclic) bond motifs is 1. The molecule has 1 aliphatic heterocycles. The maximum atomic E-state index is 10.6. The van der Waals surface area contributed by atoms with Gasteiger partial charge in [0.2, 0.25) is 0 Å². The van der Waals surface area contributed by atoms with Crippen LogP contribution >= 0.6 is 0 Å². The van der Waals surface area contributed by atoms with E-state index in [9.17, 15) is 5.11 Å². The lowest BCUT2D eigenvalue weighted by atomic mass is 10.1. The summed E-state index contributed by atoms with van der Waals surface area (Å²) >= 11 is 0. The second-order valence-corrected chi connectivity index (χ2v) is 8.18. The van der Waals surface area contributed by atoms with E-state index >= 15 is 0 Å². The maximum Gasteiger partial charge on any atom is 0.127 e. The Morgan fingerprint density at radius 1 is 0.903 bits per heavy atom. The molecule has 1 atom stereocenters. The lowest BCUT2D eigenvalue weighted by Gasteiger charge is -2.24. The van der Waals surface area contributed by atoms with Crippen molar-refractivity contribution >= 4 is 10.8 Å². The van der Waals surface area contributed by atoms with Crippen molar-refractivity contribution in [1.82, 2.24) is 9.80 Å². The largest absolute Gasteiger partial charge is 0.490 e. The number of nitriles is 1. The maximum absolute atomic E-state index is 10.6. The number of nitrogens with zero attached hydrogens (tertiary/aromatic N) is 3. The number of rotatable bonds is 7. The monoisotopic (exact) mass is 415 g/mol. The van der Waals surface area contributed by atoms with Crippen molar-refractivity contribution in [3.05, 3.63) is 77.9 Å². The van der Waals surface area contributed by atoms with Gasteiger partial charge in [0.05, 0.1) is 11.6 Å². The van der Waals surface area contributed by atoms with Crippen LogP contribution in [-0.4, -0.2) is 60.3 Å². The molecular formula is C26H29N3O2. The topological polar surface area (TPSA) is 59.7 Å². The van der Waals surface area contributed by atoms with E-state index in [1.807, 2.05) is 54.6 Å². The third-order valence-corrected chi connectivity index (χ3v) is 5.82. The first-order valence-corrected chi connectivity index (χ1v) is 10.9. The Balaban J connectivity index is 1.25. The Morgan fingerprint density at radius 2 is 1.65 bits per heavy atom. The highest BCUT2D eigenvalue weighted by molar-refractivity contribution is 5.88. The molecule has 31 heavy (non-hydrogen) atoms. The molecular weight excluding hydrogens is 386 g/mol. The van der Waals surface area contributed by atoms with Crippen LogP contribution in [0.15, 0.2) is 66.7 Å². The number of aliphatic hydroxyl groups is 1. The van der Waals surface area contributed by atoms with Crippen molar-refractivity contribution in [2.24, 2.45) is 0 Å². The van der Waals surface area contributed by atoms with E-state index in [0.717, 1.165) is 55.7 Å². The highest BCUT2D eigenvalue weighted by Crippen LogP contribution is 2.25. The smallest absolute Gasteiger partial charge is 0.127 e. The molecule has 0 spiro atoms. The SMILES string of the molecule is N#Cc1ccc(CN2CCCN(C[C@@H](O)COc3cccc4ccccc34)CC2)cc1. The minimum Gasteiger partial charge on any atom is -0.490 e. The number of benzene rings is 3. The zero-order valence-corrected chi connectivity index (χ0v) is 17.8. The summed E-state index contributed by atoms with van der Waals surface area (Å²) < 4.78 is 5.96. The van der Waals surface area contributed by atoms with Crippen LogP contribution in [0.3, 0.4) is 0 Å². The zero-order valence-electron chi connectivity index (χ0n) is 17.8. The van der Waals surface area contributed by atoms with Gasteiger partial charge >= 0.3 is 0 Å². The van der Waals surface area contributed by atoms with Crippen LogP contribution in [0.5, 0.6) is 5.75 Å².